The molecular weight excluding hydrogens is 358 g/mol. The summed E-state index contributed by atoms with van der Waals surface area (Å²) < 4.78 is 13.6. The predicted molar refractivity (Wildman–Crippen MR) is 95.5 cm³/mol. The molecule has 124 valence electrons. The van der Waals surface area contributed by atoms with Crippen LogP contribution in [0.25, 0.3) is 11.0 Å². The first kappa shape index (κ1) is 14.6. The van der Waals surface area contributed by atoms with E-state index in [-0.39, 0.29) is 5.56 Å². The van der Waals surface area contributed by atoms with Gasteiger partial charge >= 0.3 is 0 Å². The summed E-state index contributed by atoms with van der Waals surface area (Å²) in [4.78, 5) is 18.6. The molecule has 0 saturated carbocycles. The molecule has 0 bridgehead atoms. The fraction of sp³-hybridized carbons (Fsp3) is 0.118. The van der Waals surface area contributed by atoms with Gasteiger partial charge in [0, 0.05) is 4.88 Å². The average Bonchev–Trinajstić information content (AvgIpc) is 3.35. The van der Waals surface area contributed by atoms with Crippen LogP contribution in [-0.4, -0.2) is 21.2 Å². The Morgan fingerprint density at radius 1 is 1.20 bits per heavy atom. The zero-order valence-corrected chi connectivity index (χ0v) is 14.4. The van der Waals surface area contributed by atoms with E-state index in [4.69, 9.17) is 9.47 Å². The van der Waals surface area contributed by atoms with Gasteiger partial charge < -0.3 is 9.47 Å². The SMILES string of the molecule is O=c1/c(=C/c2cccs2)sc2nc([C@H]3COc4ccccc4O3)nn12. The van der Waals surface area contributed by atoms with Gasteiger partial charge in [0.2, 0.25) is 4.96 Å². The van der Waals surface area contributed by atoms with Crippen molar-refractivity contribution in [3.05, 3.63) is 67.4 Å². The molecule has 4 heterocycles. The van der Waals surface area contributed by atoms with E-state index in [1.807, 2.05) is 47.9 Å². The minimum atomic E-state index is -0.425. The fourth-order valence-electron chi connectivity index (χ4n) is 2.63. The first-order chi connectivity index (χ1) is 12.3. The maximum atomic E-state index is 12.5. The van der Waals surface area contributed by atoms with Crippen molar-refractivity contribution in [1.82, 2.24) is 14.6 Å². The molecule has 1 aliphatic rings. The number of benzene rings is 1. The highest BCUT2D eigenvalue weighted by Gasteiger charge is 2.26. The van der Waals surface area contributed by atoms with Gasteiger partial charge in [0.05, 0.1) is 4.53 Å². The van der Waals surface area contributed by atoms with Crippen LogP contribution < -0.4 is 19.6 Å². The Morgan fingerprint density at radius 2 is 2.08 bits per heavy atom. The fourth-order valence-corrected chi connectivity index (χ4v) is 4.27. The second-order valence-electron chi connectivity index (χ2n) is 5.46. The highest BCUT2D eigenvalue weighted by molar-refractivity contribution is 7.15. The summed E-state index contributed by atoms with van der Waals surface area (Å²) in [6, 6.07) is 11.4. The number of fused-ring (bicyclic) bond motifs is 2. The topological polar surface area (TPSA) is 65.7 Å². The Hall–Kier alpha value is -2.71. The first-order valence-electron chi connectivity index (χ1n) is 7.61. The van der Waals surface area contributed by atoms with Crippen LogP contribution in [0.4, 0.5) is 0 Å². The van der Waals surface area contributed by atoms with Gasteiger partial charge in [-0.1, -0.05) is 29.5 Å². The van der Waals surface area contributed by atoms with Crippen molar-refractivity contribution in [3.8, 4) is 11.5 Å². The quantitative estimate of drug-likeness (QED) is 0.542. The maximum absolute atomic E-state index is 12.5. The summed E-state index contributed by atoms with van der Waals surface area (Å²) >= 11 is 2.91. The number of aromatic nitrogens is 3. The van der Waals surface area contributed by atoms with Crippen molar-refractivity contribution in [1.29, 1.82) is 0 Å². The standard InChI is InChI=1S/C17H11N3O3S2/c21-16-14(8-10-4-3-7-24-10)25-17-18-15(19-20(16)17)13-9-22-11-5-1-2-6-12(11)23-13/h1-8,13H,9H2/b14-8-/t13-/m1/s1. The van der Waals surface area contributed by atoms with E-state index < -0.39 is 6.10 Å². The average molecular weight is 369 g/mol. The molecule has 6 nitrogen and oxygen atoms in total. The molecule has 25 heavy (non-hydrogen) atoms. The van der Waals surface area contributed by atoms with Crippen molar-refractivity contribution < 1.29 is 9.47 Å². The monoisotopic (exact) mass is 369 g/mol. The predicted octanol–water partition coefficient (Wildman–Crippen LogP) is 2.27. The molecule has 0 saturated heterocycles. The molecule has 0 amide bonds. The minimum Gasteiger partial charge on any atom is -0.485 e. The highest BCUT2D eigenvalue weighted by Crippen LogP contribution is 2.35. The molecule has 1 atom stereocenters. The molecule has 8 heteroatoms. The number of nitrogens with zero attached hydrogens (tertiary/aromatic N) is 3. The highest BCUT2D eigenvalue weighted by atomic mass is 32.1. The van der Waals surface area contributed by atoms with Crippen LogP contribution in [0.2, 0.25) is 0 Å². The van der Waals surface area contributed by atoms with E-state index in [9.17, 15) is 4.79 Å². The summed E-state index contributed by atoms with van der Waals surface area (Å²) in [5, 5.41) is 6.32. The zero-order chi connectivity index (χ0) is 16.8. The van der Waals surface area contributed by atoms with E-state index in [2.05, 4.69) is 10.1 Å². The molecule has 5 rings (SSSR count). The normalized spacial score (nSPS) is 17.3. The van der Waals surface area contributed by atoms with Gasteiger partial charge in [-0.3, -0.25) is 4.79 Å². The van der Waals surface area contributed by atoms with Gasteiger partial charge in [0.1, 0.15) is 6.61 Å². The molecule has 0 fully saturated rings. The Bertz CT molecular complexity index is 1160. The largest absolute Gasteiger partial charge is 0.485 e. The second-order valence-corrected chi connectivity index (χ2v) is 7.45. The second kappa shape index (κ2) is 5.68. The third-order valence-electron chi connectivity index (χ3n) is 3.81. The van der Waals surface area contributed by atoms with Gasteiger partial charge in [-0.2, -0.15) is 9.50 Å². The van der Waals surface area contributed by atoms with Crippen LogP contribution in [0.3, 0.4) is 0 Å². The third-order valence-corrected chi connectivity index (χ3v) is 5.59. The van der Waals surface area contributed by atoms with Crippen molar-refractivity contribution in [2.75, 3.05) is 6.61 Å². The van der Waals surface area contributed by atoms with E-state index in [0.29, 0.717) is 33.4 Å². The number of thiazole rings is 1. The molecule has 0 aliphatic carbocycles. The Morgan fingerprint density at radius 3 is 2.88 bits per heavy atom. The number of hydrogen-bond acceptors (Lipinski definition) is 7. The summed E-state index contributed by atoms with van der Waals surface area (Å²) in [7, 11) is 0. The first-order valence-corrected chi connectivity index (χ1v) is 9.31. The van der Waals surface area contributed by atoms with E-state index >= 15 is 0 Å². The number of para-hydroxylation sites is 2. The van der Waals surface area contributed by atoms with Gasteiger partial charge in [0.15, 0.2) is 23.4 Å². The van der Waals surface area contributed by atoms with Gasteiger partial charge in [0.25, 0.3) is 5.56 Å². The molecule has 1 aromatic carbocycles. The van der Waals surface area contributed by atoms with E-state index in [0.717, 1.165) is 4.88 Å². The Labute approximate surface area is 149 Å². The number of hydrogen-bond donors (Lipinski definition) is 0. The van der Waals surface area contributed by atoms with Crippen LogP contribution in [0, 0.1) is 0 Å². The molecule has 1 aliphatic heterocycles. The van der Waals surface area contributed by atoms with E-state index in [1.54, 1.807) is 11.3 Å². The molecule has 3 aromatic heterocycles. The molecule has 0 unspecified atom stereocenters. The van der Waals surface area contributed by atoms with Crippen molar-refractivity contribution in [3.63, 3.8) is 0 Å². The zero-order valence-electron chi connectivity index (χ0n) is 12.8. The van der Waals surface area contributed by atoms with Gasteiger partial charge in [-0.25, -0.2) is 0 Å². The van der Waals surface area contributed by atoms with Crippen LogP contribution >= 0.6 is 22.7 Å². The van der Waals surface area contributed by atoms with Crippen LogP contribution in [-0.2, 0) is 0 Å². The molecule has 0 radical (unpaired) electrons. The molecular formula is C17H11N3O3S2. The number of thiophene rings is 1. The summed E-state index contributed by atoms with van der Waals surface area (Å²) in [6.07, 6.45) is 1.44. The summed E-state index contributed by atoms with van der Waals surface area (Å²) in [6.45, 7) is 0.317. The lowest BCUT2D eigenvalue weighted by molar-refractivity contribution is 0.0852. The van der Waals surface area contributed by atoms with Crippen molar-refractivity contribution >= 4 is 33.7 Å². The lowest BCUT2D eigenvalue weighted by atomic mass is 10.2. The Balaban J connectivity index is 1.51. The Kier molecular flexibility index (Phi) is 3.32. The van der Waals surface area contributed by atoms with Crippen LogP contribution in [0.1, 0.15) is 16.8 Å². The lowest BCUT2D eigenvalue weighted by Crippen LogP contribution is -2.26. The lowest BCUT2D eigenvalue weighted by Gasteiger charge is -2.24. The minimum absolute atomic E-state index is 0.163. The third kappa shape index (κ3) is 2.50. The summed E-state index contributed by atoms with van der Waals surface area (Å²) in [5.41, 5.74) is -0.163. The van der Waals surface area contributed by atoms with Gasteiger partial charge in [-0.05, 0) is 29.7 Å². The smallest absolute Gasteiger partial charge is 0.291 e. The number of rotatable bonds is 2. The van der Waals surface area contributed by atoms with Crippen molar-refractivity contribution in [2.45, 2.75) is 6.10 Å². The number of ether oxygens (including phenoxy) is 2. The molecule has 4 aromatic rings. The summed E-state index contributed by atoms with van der Waals surface area (Å²) in [5.74, 6) is 1.82. The van der Waals surface area contributed by atoms with Crippen LogP contribution in [0.15, 0.2) is 46.6 Å². The van der Waals surface area contributed by atoms with E-state index in [1.165, 1.54) is 15.9 Å². The van der Waals surface area contributed by atoms with Crippen molar-refractivity contribution in [2.24, 2.45) is 0 Å². The molecule has 0 spiro atoms. The van der Waals surface area contributed by atoms with Crippen LogP contribution in [0.5, 0.6) is 11.5 Å². The maximum Gasteiger partial charge on any atom is 0.291 e. The molecule has 0 N–H and O–H groups in total. The van der Waals surface area contributed by atoms with Gasteiger partial charge in [-0.15, -0.1) is 16.4 Å².